The maximum absolute atomic E-state index is 6.56. The zero-order valence-electron chi connectivity index (χ0n) is 18.1. The molecule has 0 radical (unpaired) electrons. The Hall–Kier alpha value is -2.08. The maximum Gasteiger partial charge on any atom is 0.170 e. The van der Waals surface area contributed by atoms with Crippen LogP contribution >= 0.6 is 35.4 Å². The Bertz CT molecular complexity index is 1110. The molecular formula is C24H26Cl2N4S. The van der Waals surface area contributed by atoms with Crippen molar-refractivity contribution in [3.8, 4) is 5.69 Å². The van der Waals surface area contributed by atoms with Crippen LogP contribution in [0.4, 0.5) is 0 Å². The molecule has 4 rings (SSSR count). The molecule has 3 heterocycles. The highest BCUT2D eigenvalue weighted by molar-refractivity contribution is 7.80. The molecule has 0 unspecified atom stereocenters. The average Bonchev–Trinajstić information content (AvgIpc) is 3.18. The maximum atomic E-state index is 6.56. The Morgan fingerprint density at radius 3 is 2.55 bits per heavy atom. The zero-order chi connectivity index (χ0) is 22.3. The summed E-state index contributed by atoms with van der Waals surface area (Å²) in [4.78, 5) is 6.93. The molecule has 2 aromatic heterocycles. The highest BCUT2D eigenvalue weighted by Crippen LogP contribution is 2.42. The van der Waals surface area contributed by atoms with Crippen LogP contribution in [0, 0.1) is 19.8 Å². The Morgan fingerprint density at radius 1 is 1.13 bits per heavy atom. The quantitative estimate of drug-likeness (QED) is 0.434. The smallest absolute Gasteiger partial charge is 0.170 e. The van der Waals surface area contributed by atoms with Gasteiger partial charge in [0.05, 0.1) is 28.5 Å². The molecule has 0 bridgehead atoms. The second-order valence-corrected chi connectivity index (χ2v) is 9.66. The predicted molar refractivity (Wildman–Crippen MR) is 132 cm³/mol. The number of aryl methyl sites for hydroxylation is 1. The lowest BCUT2D eigenvalue weighted by atomic mass is 9.96. The van der Waals surface area contributed by atoms with Crippen molar-refractivity contribution in [1.29, 1.82) is 0 Å². The Morgan fingerprint density at radius 2 is 1.90 bits per heavy atom. The summed E-state index contributed by atoms with van der Waals surface area (Å²) in [5, 5.41) is 5.55. The van der Waals surface area contributed by atoms with Crippen LogP contribution in [0.5, 0.6) is 0 Å². The van der Waals surface area contributed by atoms with Crippen molar-refractivity contribution in [2.24, 2.45) is 5.92 Å². The van der Waals surface area contributed by atoms with Gasteiger partial charge >= 0.3 is 0 Å². The van der Waals surface area contributed by atoms with E-state index in [-0.39, 0.29) is 12.1 Å². The summed E-state index contributed by atoms with van der Waals surface area (Å²) in [5.41, 5.74) is 5.36. The van der Waals surface area contributed by atoms with Crippen molar-refractivity contribution < 1.29 is 0 Å². The normalized spacial score (nSPS) is 18.7. The summed E-state index contributed by atoms with van der Waals surface area (Å²) >= 11 is 18.5. The average molecular weight is 473 g/mol. The summed E-state index contributed by atoms with van der Waals surface area (Å²) in [6.07, 6.45) is 1.83. The van der Waals surface area contributed by atoms with Gasteiger partial charge in [-0.15, -0.1) is 0 Å². The minimum absolute atomic E-state index is 0.0258. The first-order valence-electron chi connectivity index (χ1n) is 10.4. The van der Waals surface area contributed by atoms with Gasteiger partial charge in [-0.2, -0.15) is 0 Å². The zero-order valence-corrected chi connectivity index (χ0v) is 20.4. The lowest BCUT2D eigenvalue weighted by Crippen LogP contribution is -2.33. The number of rotatable bonds is 5. The van der Waals surface area contributed by atoms with Crippen LogP contribution in [-0.2, 0) is 0 Å². The molecule has 1 N–H and O–H groups in total. The van der Waals surface area contributed by atoms with Gasteiger partial charge in [-0.05, 0) is 73.9 Å². The fraction of sp³-hybridized carbons (Fsp3) is 0.333. The summed E-state index contributed by atoms with van der Waals surface area (Å²) in [7, 11) is 0. The number of benzene rings is 1. The van der Waals surface area contributed by atoms with Crippen LogP contribution in [0.2, 0.25) is 10.0 Å². The summed E-state index contributed by atoms with van der Waals surface area (Å²) in [6.45, 7) is 9.53. The molecule has 4 nitrogen and oxygen atoms in total. The van der Waals surface area contributed by atoms with Crippen LogP contribution in [0.1, 0.15) is 48.6 Å². The van der Waals surface area contributed by atoms with E-state index in [1.165, 1.54) is 5.56 Å². The molecule has 1 aliphatic rings. The molecular weight excluding hydrogens is 447 g/mol. The van der Waals surface area contributed by atoms with Crippen molar-refractivity contribution in [3.05, 3.63) is 81.4 Å². The topological polar surface area (TPSA) is 33.1 Å². The molecule has 0 amide bonds. The van der Waals surface area contributed by atoms with E-state index in [2.05, 4.69) is 59.6 Å². The molecule has 1 fully saturated rings. The summed E-state index contributed by atoms with van der Waals surface area (Å²) in [6, 6.07) is 13.9. The molecule has 3 aromatic rings. The standard InChI is InChI=1S/C24H26Cl2N4S/c1-14(2)13-29-23(22(28-24(29)31)20-7-5-6-10-27-20)18-11-15(3)30(16(18)4)21-9-8-17(25)12-19(21)26/h5-12,14,22-23H,13H2,1-4H3,(H,28,31)/t22-,23-/m1/s1. The van der Waals surface area contributed by atoms with E-state index in [0.717, 1.165) is 34.4 Å². The number of aromatic nitrogens is 2. The van der Waals surface area contributed by atoms with Crippen LogP contribution < -0.4 is 5.32 Å². The molecule has 1 saturated heterocycles. The number of hydrogen-bond acceptors (Lipinski definition) is 2. The first-order valence-corrected chi connectivity index (χ1v) is 11.6. The third kappa shape index (κ3) is 4.19. The third-order valence-electron chi connectivity index (χ3n) is 5.70. The lowest BCUT2D eigenvalue weighted by molar-refractivity contribution is 0.287. The molecule has 7 heteroatoms. The SMILES string of the molecule is Cc1cc([C@@H]2[C@@H](c3ccccn3)NC(=S)N2CC(C)C)c(C)n1-c1ccc(Cl)cc1Cl. The van der Waals surface area contributed by atoms with E-state index in [4.69, 9.17) is 35.4 Å². The van der Waals surface area contributed by atoms with Crippen LogP contribution in [0.25, 0.3) is 5.69 Å². The van der Waals surface area contributed by atoms with Crippen molar-refractivity contribution >= 4 is 40.5 Å². The van der Waals surface area contributed by atoms with Gasteiger partial charge in [0.15, 0.2) is 5.11 Å². The van der Waals surface area contributed by atoms with Crippen molar-refractivity contribution in [3.63, 3.8) is 0 Å². The monoisotopic (exact) mass is 472 g/mol. The minimum Gasteiger partial charge on any atom is -0.352 e. The van der Waals surface area contributed by atoms with Gasteiger partial charge in [0.25, 0.3) is 0 Å². The van der Waals surface area contributed by atoms with Gasteiger partial charge in [-0.25, -0.2) is 0 Å². The van der Waals surface area contributed by atoms with E-state index in [1.54, 1.807) is 6.07 Å². The van der Waals surface area contributed by atoms with E-state index >= 15 is 0 Å². The summed E-state index contributed by atoms with van der Waals surface area (Å²) < 4.78 is 2.19. The molecule has 31 heavy (non-hydrogen) atoms. The molecule has 2 atom stereocenters. The second kappa shape index (κ2) is 8.81. The van der Waals surface area contributed by atoms with Gasteiger partial charge in [0.2, 0.25) is 0 Å². The predicted octanol–water partition coefficient (Wildman–Crippen LogP) is 6.42. The molecule has 0 saturated carbocycles. The summed E-state index contributed by atoms with van der Waals surface area (Å²) in [5.74, 6) is 0.471. The fourth-order valence-corrected chi connectivity index (χ4v) is 5.26. The van der Waals surface area contributed by atoms with Gasteiger partial charge in [0, 0.05) is 29.2 Å². The number of halogens is 2. The number of pyridine rings is 1. The number of hydrogen-bond donors (Lipinski definition) is 1. The van der Waals surface area contributed by atoms with E-state index < -0.39 is 0 Å². The van der Waals surface area contributed by atoms with Crippen LogP contribution in [-0.4, -0.2) is 26.1 Å². The fourth-order valence-electron chi connectivity index (χ4n) is 4.45. The Kier molecular flexibility index (Phi) is 6.29. The van der Waals surface area contributed by atoms with Gasteiger partial charge in [-0.3, -0.25) is 4.98 Å². The lowest BCUT2D eigenvalue weighted by Gasteiger charge is -2.29. The van der Waals surface area contributed by atoms with Gasteiger partial charge in [0.1, 0.15) is 0 Å². The Labute approximate surface area is 199 Å². The van der Waals surface area contributed by atoms with Crippen molar-refractivity contribution in [2.75, 3.05) is 6.54 Å². The van der Waals surface area contributed by atoms with E-state index in [0.29, 0.717) is 16.0 Å². The molecule has 1 aliphatic heterocycles. The first-order chi connectivity index (χ1) is 14.8. The van der Waals surface area contributed by atoms with Gasteiger partial charge in [-0.1, -0.05) is 43.1 Å². The minimum atomic E-state index is -0.0258. The molecule has 162 valence electrons. The highest BCUT2D eigenvalue weighted by Gasteiger charge is 2.41. The second-order valence-electron chi connectivity index (χ2n) is 8.43. The van der Waals surface area contributed by atoms with Crippen LogP contribution in [0.15, 0.2) is 48.7 Å². The molecule has 1 aromatic carbocycles. The number of nitrogens with zero attached hydrogens (tertiary/aromatic N) is 3. The highest BCUT2D eigenvalue weighted by atomic mass is 35.5. The van der Waals surface area contributed by atoms with Crippen molar-refractivity contribution in [1.82, 2.24) is 19.8 Å². The van der Waals surface area contributed by atoms with Crippen LogP contribution in [0.3, 0.4) is 0 Å². The number of thiocarbonyl (C=S) groups is 1. The van der Waals surface area contributed by atoms with E-state index in [9.17, 15) is 0 Å². The third-order valence-corrected chi connectivity index (χ3v) is 6.59. The molecule has 0 spiro atoms. The number of nitrogens with one attached hydrogen (secondary N) is 1. The first kappa shape index (κ1) is 22.1. The largest absolute Gasteiger partial charge is 0.352 e. The van der Waals surface area contributed by atoms with Gasteiger partial charge < -0.3 is 14.8 Å². The van der Waals surface area contributed by atoms with Crippen molar-refractivity contribution in [2.45, 2.75) is 39.8 Å². The molecule has 0 aliphatic carbocycles. The Balaban J connectivity index is 1.85. The van der Waals surface area contributed by atoms with E-state index in [1.807, 2.05) is 30.5 Å².